The Morgan fingerprint density at radius 2 is 2.22 bits per heavy atom. The van der Waals surface area contributed by atoms with Crippen LogP contribution in [0.5, 0.6) is 0 Å². The summed E-state index contributed by atoms with van der Waals surface area (Å²) < 4.78 is 6.92. The molecule has 0 unspecified atom stereocenters. The Morgan fingerprint density at radius 3 is 2.78 bits per heavy atom. The van der Waals surface area contributed by atoms with Gasteiger partial charge in [-0.15, -0.1) is 0 Å². The molecule has 0 saturated carbocycles. The summed E-state index contributed by atoms with van der Waals surface area (Å²) in [5, 5.41) is 6.79. The summed E-state index contributed by atoms with van der Waals surface area (Å²) in [5.41, 5.74) is 5.77. The summed E-state index contributed by atoms with van der Waals surface area (Å²) in [6, 6.07) is 0. The van der Waals surface area contributed by atoms with Crippen LogP contribution in [-0.2, 0) is 11.3 Å². The molecule has 6 nitrogen and oxygen atoms in total. The van der Waals surface area contributed by atoms with Crippen molar-refractivity contribution in [2.24, 2.45) is 0 Å². The Hall–Kier alpha value is -1.72. The van der Waals surface area contributed by atoms with Gasteiger partial charge in [-0.05, 0) is 33.6 Å². The zero-order valence-electron chi connectivity index (χ0n) is 11.3. The van der Waals surface area contributed by atoms with Gasteiger partial charge in [0, 0.05) is 19.3 Å². The number of hydrogen-bond acceptors (Lipinski definition) is 4. The Morgan fingerprint density at radius 1 is 1.50 bits per heavy atom. The fraction of sp³-hybridized carbons (Fsp3) is 0.667. The Labute approximate surface area is 107 Å². The fourth-order valence-electron chi connectivity index (χ4n) is 1.41. The Bertz CT molecular complexity index is 382. The quantitative estimate of drug-likeness (QED) is 0.784. The van der Waals surface area contributed by atoms with Gasteiger partial charge in [0.25, 0.3) is 0 Å². The smallest absolute Gasteiger partial charge is 0.407 e. The number of nitrogen functional groups attached to an aromatic ring is 1. The molecule has 3 N–H and O–H groups in total. The van der Waals surface area contributed by atoms with Crippen LogP contribution in [0.15, 0.2) is 12.4 Å². The minimum absolute atomic E-state index is 0.370. The van der Waals surface area contributed by atoms with Gasteiger partial charge in [0.05, 0.1) is 11.9 Å². The average Bonchev–Trinajstić information content (AvgIpc) is 2.61. The number of alkyl carbamates (subject to hydrolysis) is 1. The molecule has 0 spiro atoms. The molecule has 0 aromatic carbocycles. The third-order valence-corrected chi connectivity index (χ3v) is 2.14. The SMILES string of the molecule is CC(C)(C)OC(=O)NCCCCn1cc(N)cn1. The van der Waals surface area contributed by atoms with Gasteiger partial charge in [-0.25, -0.2) is 4.79 Å². The average molecular weight is 254 g/mol. The standard InChI is InChI=1S/C12H22N4O2/c1-12(2,3)18-11(17)14-6-4-5-7-16-9-10(13)8-15-16/h8-9H,4-7,13H2,1-3H3,(H,14,17). The molecule has 1 rings (SSSR count). The number of aryl methyl sites for hydroxylation is 1. The van der Waals surface area contributed by atoms with E-state index in [1.807, 2.05) is 20.8 Å². The van der Waals surface area contributed by atoms with Crippen LogP contribution in [0.1, 0.15) is 33.6 Å². The molecule has 1 aromatic heterocycles. The third kappa shape index (κ3) is 6.12. The van der Waals surface area contributed by atoms with Crippen LogP contribution in [0.25, 0.3) is 0 Å². The molecule has 1 amide bonds. The lowest BCUT2D eigenvalue weighted by Gasteiger charge is -2.19. The summed E-state index contributed by atoms with van der Waals surface area (Å²) in [4.78, 5) is 11.3. The van der Waals surface area contributed by atoms with E-state index in [1.54, 1.807) is 17.1 Å². The molecule has 0 aliphatic rings. The van der Waals surface area contributed by atoms with Crippen molar-refractivity contribution in [1.82, 2.24) is 15.1 Å². The topological polar surface area (TPSA) is 82.2 Å². The number of rotatable bonds is 5. The first-order valence-corrected chi connectivity index (χ1v) is 6.11. The van der Waals surface area contributed by atoms with E-state index in [4.69, 9.17) is 10.5 Å². The van der Waals surface area contributed by atoms with Crippen molar-refractivity contribution in [3.8, 4) is 0 Å². The Balaban J connectivity index is 2.07. The molecule has 0 bridgehead atoms. The van der Waals surface area contributed by atoms with Gasteiger partial charge in [-0.3, -0.25) is 4.68 Å². The zero-order chi connectivity index (χ0) is 13.6. The van der Waals surface area contributed by atoms with Gasteiger partial charge >= 0.3 is 6.09 Å². The molecule has 0 radical (unpaired) electrons. The van der Waals surface area contributed by atoms with E-state index in [0.29, 0.717) is 12.2 Å². The number of hydrogen-bond donors (Lipinski definition) is 2. The summed E-state index contributed by atoms with van der Waals surface area (Å²) in [7, 11) is 0. The van der Waals surface area contributed by atoms with Gasteiger partial charge in [0.1, 0.15) is 5.60 Å². The molecule has 18 heavy (non-hydrogen) atoms. The van der Waals surface area contributed by atoms with E-state index in [1.165, 1.54) is 0 Å². The highest BCUT2D eigenvalue weighted by atomic mass is 16.6. The first-order chi connectivity index (χ1) is 8.37. The van der Waals surface area contributed by atoms with Crippen LogP contribution in [0.3, 0.4) is 0 Å². The van der Waals surface area contributed by atoms with Gasteiger partial charge in [-0.2, -0.15) is 5.10 Å². The fourth-order valence-corrected chi connectivity index (χ4v) is 1.41. The van der Waals surface area contributed by atoms with Gasteiger partial charge in [0.2, 0.25) is 0 Å². The predicted octanol–water partition coefficient (Wildman–Crippen LogP) is 1.77. The van der Waals surface area contributed by atoms with E-state index in [2.05, 4.69) is 10.4 Å². The largest absolute Gasteiger partial charge is 0.444 e. The Kier molecular flexibility index (Phi) is 5.00. The first-order valence-electron chi connectivity index (χ1n) is 6.11. The van der Waals surface area contributed by atoms with Crippen molar-refractivity contribution in [2.75, 3.05) is 12.3 Å². The number of carbonyl (C=O) groups is 1. The monoisotopic (exact) mass is 254 g/mol. The minimum Gasteiger partial charge on any atom is -0.444 e. The lowest BCUT2D eigenvalue weighted by molar-refractivity contribution is 0.0527. The summed E-state index contributed by atoms with van der Waals surface area (Å²) >= 11 is 0. The molecule has 1 heterocycles. The van der Waals surface area contributed by atoms with Crippen LogP contribution >= 0.6 is 0 Å². The predicted molar refractivity (Wildman–Crippen MR) is 70.1 cm³/mol. The van der Waals surface area contributed by atoms with Crippen LogP contribution in [-0.4, -0.2) is 28.0 Å². The number of anilines is 1. The molecule has 0 atom stereocenters. The number of amides is 1. The molecule has 1 aromatic rings. The van der Waals surface area contributed by atoms with E-state index in [-0.39, 0.29) is 6.09 Å². The van der Waals surface area contributed by atoms with Gasteiger partial charge in [-0.1, -0.05) is 0 Å². The lowest BCUT2D eigenvalue weighted by atomic mass is 10.2. The third-order valence-electron chi connectivity index (χ3n) is 2.14. The second-order valence-electron chi connectivity index (χ2n) is 5.17. The molecule has 6 heteroatoms. The van der Waals surface area contributed by atoms with Crippen LogP contribution in [0.2, 0.25) is 0 Å². The molecule has 0 aliphatic carbocycles. The maximum absolute atomic E-state index is 11.3. The van der Waals surface area contributed by atoms with Crippen molar-refractivity contribution in [1.29, 1.82) is 0 Å². The molecular formula is C12H22N4O2. The number of ether oxygens (including phenoxy) is 1. The van der Waals surface area contributed by atoms with Crippen molar-refractivity contribution < 1.29 is 9.53 Å². The number of nitrogens with two attached hydrogens (primary N) is 1. The maximum Gasteiger partial charge on any atom is 0.407 e. The number of nitrogens with one attached hydrogen (secondary N) is 1. The van der Waals surface area contributed by atoms with Crippen molar-refractivity contribution >= 4 is 11.8 Å². The normalized spacial score (nSPS) is 11.3. The van der Waals surface area contributed by atoms with Gasteiger partial charge in [0.15, 0.2) is 0 Å². The molecule has 102 valence electrons. The maximum atomic E-state index is 11.3. The van der Waals surface area contributed by atoms with E-state index in [9.17, 15) is 4.79 Å². The van der Waals surface area contributed by atoms with Gasteiger partial charge < -0.3 is 15.8 Å². The second-order valence-corrected chi connectivity index (χ2v) is 5.17. The van der Waals surface area contributed by atoms with Crippen molar-refractivity contribution in [2.45, 2.75) is 45.8 Å². The highest BCUT2D eigenvalue weighted by molar-refractivity contribution is 5.67. The summed E-state index contributed by atoms with van der Waals surface area (Å²) in [6.45, 7) is 6.93. The summed E-state index contributed by atoms with van der Waals surface area (Å²) in [6.07, 6.45) is 4.85. The number of nitrogens with zero attached hydrogens (tertiary/aromatic N) is 2. The highest BCUT2D eigenvalue weighted by Crippen LogP contribution is 2.06. The second kappa shape index (κ2) is 6.28. The number of carbonyl (C=O) groups excluding carboxylic acids is 1. The van der Waals surface area contributed by atoms with Crippen molar-refractivity contribution in [3.63, 3.8) is 0 Å². The first kappa shape index (κ1) is 14.3. The van der Waals surface area contributed by atoms with Crippen molar-refractivity contribution in [3.05, 3.63) is 12.4 Å². The molecule has 0 saturated heterocycles. The molecule has 0 fully saturated rings. The lowest BCUT2D eigenvalue weighted by Crippen LogP contribution is -2.33. The molecular weight excluding hydrogens is 232 g/mol. The molecule has 0 aliphatic heterocycles. The zero-order valence-corrected chi connectivity index (χ0v) is 11.3. The van der Waals surface area contributed by atoms with E-state index >= 15 is 0 Å². The number of aromatic nitrogens is 2. The number of unbranched alkanes of at least 4 members (excludes halogenated alkanes) is 1. The van der Waals surface area contributed by atoms with Crippen LogP contribution in [0, 0.1) is 0 Å². The van der Waals surface area contributed by atoms with E-state index in [0.717, 1.165) is 19.4 Å². The highest BCUT2D eigenvalue weighted by Gasteiger charge is 2.15. The minimum atomic E-state index is -0.448. The van der Waals surface area contributed by atoms with Crippen LogP contribution < -0.4 is 11.1 Å². The van der Waals surface area contributed by atoms with E-state index < -0.39 is 5.60 Å². The summed E-state index contributed by atoms with van der Waals surface area (Å²) in [5.74, 6) is 0. The van der Waals surface area contributed by atoms with Crippen LogP contribution in [0.4, 0.5) is 10.5 Å².